The van der Waals surface area contributed by atoms with Crippen molar-refractivity contribution >= 4 is 15.9 Å². The van der Waals surface area contributed by atoms with Crippen LogP contribution in [0.1, 0.15) is 32.3 Å². The molecule has 0 saturated heterocycles. The van der Waals surface area contributed by atoms with Gasteiger partial charge in [-0.2, -0.15) is 0 Å². The van der Waals surface area contributed by atoms with Gasteiger partial charge in [0.05, 0.1) is 19.3 Å². The highest BCUT2D eigenvalue weighted by Crippen LogP contribution is 2.43. The molecule has 3 nitrogen and oxygen atoms in total. The van der Waals surface area contributed by atoms with E-state index < -0.39 is 5.60 Å². The average molecular weight is 315 g/mol. The topological polar surface area (TPSA) is 38.7 Å². The number of benzene rings is 1. The first-order chi connectivity index (χ1) is 8.43. The van der Waals surface area contributed by atoms with Gasteiger partial charge in [-0.15, -0.1) is 0 Å². The fourth-order valence-electron chi connectivity index (χ4n) is 1.90. The molecule has 1 saturated carbocycles. The third-order valence-electron chi connectivity index (χ3n) is 3.06. The van der Waals surface area contributed by atoms with E-state index in [0.717, 1.165) is 10.0 Å². The maximum atomic E-state index is 10.3. The first-order valence-corrected chi connectivity index (χ1v) is 6.95. The van der Waals surface area contributed by atoms with Crippen LogP contribution in [0.2, 0.25) is 0 Å². The minimum Gasteiger partial charge on any atom is -0.493 e. The van der Waals surface area contributed by atoms with Crippen molar-refractivity contribution in [2.24, 2.45) is 5.92 Å². The highest BCUT2D eigenvalue weighted by Gasteiger charge is 2.29. The molecule has 1 N–H and O–H groups in total. The molecule has 0 spiro atoms. The summed E-state index contributed by atoms with van der Waals surface area (Å²) in [6, 6.07) is 3.72. The van der Waals surface area contributed by atoms with Crippen LogP contribution in [0.3, 0.4) is 0 Å². The molecule has 1 aromatic rings. The second kappa shape index (κ2) is 5.10. The second-order valence-corrected chi connectivity index (χ2v) is 6.12. The Morgan fingerprint density at radius 2 is 2.06 bits per heavy atom. The van der Waals surface area contributed by atoms with Gasteiger partial charge in [-0.1, -0.05) is 15.9 Å². The summed E-state index contributed by atoms with van der Waals surface area (Å²) in [4.78, 5) is 0. The predicted octanol–water partition coefficient (Wildman–Crippen LogP) is 3.47. The lowest BCUT2D eigenvalue weighted by Gasteiger charge is -2.24. The summed E-state index contributed by atoms with van der Waals surface area (Å²) >= 11 is 3.47. The summed E-state index contributed by atoms with van der Waals surface area (Å²) in [7, 11) is 1.61. The van der Waals surface area contributed by atoms with Gasteiger partial charge >= 0.3 is 0 Å². The van der Waals surface area contributed by atoms with Crippen molar-refractivity contribution in [3.63, 3.8) is 0 Å². The molecule has 0 radical (unpaired) electrons. The SMILES string of the molecule is COc1ccc(Br)c(C(C)(C)O)c1OCC1CC1. The molecule has 0 heterocycles. The lowest BCUT2D eigenvalue weighted by molar-refractivity contribution is 0.0730. The van der Waals surface area contributed by atoms with Crippen molar-refractivity contribution in [2.75, 3.05) is 13.7 Å². The summed E-state index contributed by atoms with van der Waals surface area (Å²) in [6.07, 6.45) is 2.46. The zero-order valence-corrected chi connectivity index (χ0v) is 12.6. The Kier molecular flexibility index (Phi) is 3.87. The maximum Gasteiger partial charge on any atom is 0.168 e. The van der Waals surface area contributed by atoms with E-state index in [4.69, 9.17) is 9.47 Å². The predicted molar refractivity (Wildman–Crippen MR) is 74.2 cm³/mol. The molecule has 2 rings (SSSR count). The van der Waals surface area contributed by atoms with Gasteiger partial charge in [0.25, 0.3) is 0 Å². The zero-order valence-electron chi connectivity index (χ0n) is 11.0. The molecule has 0 atom stereocenters. The zero-order chi connectivity index (χ0) is 13.3. The molecule has 1 aromatic carbocycles. The number of methoxy groups -OCH3 is 1. The first-order valence-electron chi connectivity index (χ1n) is 6.15. The van der Waals surface area contributed by atoms with Crippen LogP contribution in [-0.2, 0) is 5.60 Å². The number of halogens is 1. The van der Waals surface area contributed by atoms with Crippen molar-refractivity contribution < 1.29 is 14.6 Å². The molecule has 1 aliphatic rings. The van der Waals surface area contributed by atoms with Gasteiger partial charge in [0, 0.05) is 10.0 Å². The fraction of sp³-hybridized carbons (Fsp3) is 0.571. The van der Waals surface area contributed by atoms with Crippen molar-refractivity contribution in [3.05, 3.63) is 22.2 Å². The fourth-order valence-corrected chi connectivity index (χ4v) is 2.70. The van der Waals surface area contributed by atoms with E-state index in [0.29, 0.717) is 24.0 Å². The van der Waals surface area contributed by atoms with Crippen molar-refractivity contribution in [3.8, 4) is 11.5 Å². The summed E-state index contributed by atoms with van der Waals surface area (Å²) in [5.41, 5.74) is -0.241. The van der Waals surface area contributed by atoms with E-state index in [1.165, 1.54) is 12.8 Å². The van der Waals surface area contributed by atoms with Crippen molar-refractivity contribution in [2.45, 2.75) is 32.3 Å². The standard InChI is InChI=1S/C14H19BrO3/c1-14(2,16)12-10(15)6-7-11(17-3)13(12)18-8-9-4-5-9/h6-7,9,16H,4-5,8H2,1-3H3. The third kappa shape index (κ3) is 2.98. The maximum absolute atomic E-state index is 10.3. The van der Waals surface area contributed by atoms with E-state index in [9.17, 15) is 5.11 Å². The van der Waals surface area contributed by atoms with Crippen molar-refractivity contribution in [1.82, 2.24) is 0 Å². The number of aliphatic hydroxyl groups is 1. The Morgan fingerprint density at radius 1 is 1.39 bits per heavy atom. The summed E-state index contributed by atoms with van der Waals surface area (Å²) in [6.45, 7) is 4.18. The van der Waals surface area contributed by atoms with Crippen LogP contribution >= 0.6 is 15.9 Å². The monoisotopic (exact) mass is 314 g/mol. The van der Waals surface area contributed by atoms with Crippen LogP contribution in [0.25, 0.3) is 0 Å². The third-order valence-corrected chi connectivity index (χ3v) is 3.72. The average Bonchev–Trinajstić information content (AvgIpc) is 3.08. The summed E-state index contributed by atoms with van der Waals surface area (Å²) < 4.78 is 12.0. The van der Waals surface area contributed by atoms with Gasteiger partial charge in [0.2, 0.25) is 0 Å². The van der Waals surface area contributed by atoms with Crippen LogP contribution in [-0.4, -0.2) is 18.8 Å². The molecule has 100 valence electrons. The quantitative estimate of drug-likeness (QED) is 0.904. The summed E-state index contributed by atoms with van der Waals surface area (Å²) in [5, 5.41) is 10.3. The molecule has 0 aliphatic heterocycles. The van der Waals surface area contributed by atoms with Crippen LogP contribution < -0.4 is 9.47 Å². The van der Waals surface area contributed by atoms with Crippen LogP contribution in [0, 0.1) is 5.92 Å². The number of hydrogen-bond acceptors (Lipinski definition) is 3. The van der Waals surface area contributed by atoms with E-state index in [2.05, 4.69) is 15.9 Å². The van der Waals surface area contributed by atoms with Gasteiger partial charge in [-0.25, -0.2) is 0 Å². The highest BCUT2D eigenvalue weighted by atomic mass is 79.9. The Balaban J connectivity index is 2.39. The van der Waals surface area contributed by atoms with Crippen LogP contribution in [0.15, 0.2) is 16.6 Å². The molecule has 0 aromatic heterocycles. The van der Waals surface area contributed by atoms with Gasteiger partial charge < -0.3 is 14.6 Å². The smallest absolute Gasteiger partial charge is 0.168 e. The number of hydrogen-bond donors (Lipinski definition) is 1. The molecule has 4 heteroatoms. The van der Waals surface area contributed by atoms with Crippen LogP contribution in [0.5, 0.6) is 11.5 Å². The normalized spacial score (nSPS) is 15.6. The molecule has 0 bridgehead atoms. The first kappa shape index (κ1) is 13.7. The molecule has 0 amide bonds. The lowest BCUT2D eigenvalue weighted by Crippen LogP contribution is -2.19. The van der Waals surface area contributed by atoms with Crippen LogP contribution in [0.4, 0.5) is 0 Å². The second-order valence-electron chi connectivity index (χ2n) is 5.27. The molecule has 18 heavy (non-hydrogen) atoms. The van der Waals surface area contributed by atoms with Gasteiger partial charge in [0.15, 0.2) is 11.5 Å². The minimum atomic E-state index is -0.980. The van der Waals surface area contributed by atoms with Gasteiger partial charge in [-0.05, 0) is 44.7 Å². The molecular weight excluding hydrogens is 296 g/mol. The minimum absolute atomic E-state index is 0.645. The van der Waals surface area contributed by atoms with Crippen molar-refractivity contribution in [1.29, 1.82) is 0 Å². The molecule has 1 fully saturated rings. The Hall–Kier alpha value is -0.740. The summed E-state index contributed by atoms with van der Waals surface area (Å²) in [5.74, 6) is 1.96. The Labute approximate surface area is 116 Å². The largest absolute Gasteiger partial charge is 0.493 e. The number of ether oxygens (including phenoxy) is 2. The Bertz CT molecular complexity index is 433. The van der Waals surface area contributed by atoms with E-state index in [-0.39, 0.29) is 0 Å². The Morgan fingerprint density at radius 3 is 2.56 bits per heavy atom. The van der Waals surface area contributed by atoms with E-state index >= 15 is 0 Å². The number of rotatable bonds is 5. The molecular formula is C14H19BrO3. The van der Waals surface area contributed by atoms with Gasteiger partial charge in [-0.3, -0.25) is 0 Å². The molecule has 1 aliphatic carbocycles. The van der Waals surface area contributed by atoms with Gasteiger partial charge in [0.1, 0.15) is 0 Å². The highest BCUT2D eigenvalue weighted by molar-refractivity contribution is 9.10. The van der Waals surface area contributed by atoms with E-state index in [1.807, 2.05) is 12.1 Å². The molecule has 0 unspecified atom stereocenters. The van der Waals surface area contributed by atoms with E-state index in [1.54, 1.807) is 21.0 Å². The lowest BCUT2D eigenvalue weighted by atomic mass is 9.97.